The molecule has 0 radical (unpaired) electrons. The average Bonchev–Trinajstić information content (AvgIpc) is 2.85. The van der Waals surface area contributed by atoms with Crippen LogP contribution in [0.3, 0.4) is 0 Å². The number of hydrogen-bond acceptors (Lipinski definition) is 2. The van der Waals surface area contributed by atoms with Gasteiger partial charge in [-0.05, 0) is 31.1 Å². The van der Waals surface area contributed by atoms with Gasteiger partial charge >= 0.3 is 0 Å². The zero-order valence-corrected chi connectivity index (χ0v) is 10.2. The average molecular weight is 209 g/mol. The molecule has 2 heteroatoms. The summed E-state index contributed by atoms with van der Waals surface area (Å²) < 4.78 is 4.86. The molecule has 2 nitrogen and oxygen atoms in total. The molecule has 0 aliphatic heterocycles. The maximum atomic E-state index is 8.19. The third-order valence-corrected chi connectivity index (χ3v) is 3.35. The van der Waals surface area contributed by atoms with Gasteiger partial charge < -0.3 is 4.74 Å². The van der Waals surface area contributed by atoms with Crippen molar-refractivity contribution in [1.82, 2.24) is 0 Å². The first kappa shape index (κ1) is 12.4. The molecule has 0 bridgehead atoms. The van der Waals surface area contributed by atoms with Gasteiger partial charge in [0.05, 0.1) is 0 Å². The van der Waals surface area contributed by atoms with Crippen LogP contribution in [0.2, 0.25) is 0 Å². The number of rotatable bonds is 3. The van der Waals surface area contributed by atoms with Crippen molar-refractivity contribution in [2.75, 3.05) is 0 Å². The highest BCUT2D eigenvalue weighted by atomic mass is 16.5. The predicted octanol–water partition coefficient (Wildman–Crippen LogP) is 3.73. The Bertz CT molecular complexity index is 219. The highest BCUT2D eigenvalue weighted by Crippen LogP contribution is 2.52. The Morgan fingerprint density at radius 3 is 2.40 bits per heavy atom. The largest absolute Gasteiger partial charge is 0.424 e. The molecule has 3 unspecified atom stereocenters. The quantitative estimate of drug-likeness (QED) is 0.663. The summed E-state index contributed by atoms with van der Waals surface area (Å²) in [6.07, 6.45) is 8.48. The van der Waals surface area contributed by atoms with E-state index in [0.29, 0.717) is 6.10 Å². The summed E-state index contributed by atoms with van der Waals surface area (Å²) in [6.45, 7) is 6.73. The molecule has 15 heavy (non-hydrogen) atoms. The molecule has 2 rings (SSSR count). The van der Waals surface area contributed by atoms with Crippen LogP contribution in [0, 0.1) is 29.3 Å². The van der Waals surface area contributed by atoms with Gasteiger partial charge in [-0.3, -0.25) is 0 Å². The van der Waals surface area contributed by atoms with Gasteiger partial charge in [-0.25, -0.2) is 0 Å². The monoisotopic (exact) mass is 209 g/mol. The van der Waals surface area contributed by atoms with Crippen LogP contribution in [0.25, 0.3) is 0 Å². The minimum absolute atomic E-state index is 0.292. The van der Waals surface area contributed by atoms with Gasteiger partial charge in [-0.1, -0.05) is 33.6 Å². The van der Waals surface area contributed by atoms with Crippen molar-refractivity contribution in [3.8, 4) is 6.26 Å². The Balaban J connectivity index is 0.000000167. The highest BCUT2D eigenvalue weighted by Gasteiger charge is 2.49. The Morgan fingerprint density at radius 2 is 2.13 bits per heavy atom. The van der Waals surface area contributed by atoms with Gasteiger partial charge in [0.15, 0.2) is 0 Å². The van der Waals surface area contributed by atoms with Crippen LogP contribution in [0.1, 0.15) is 52.9 Å². The van der Waals surface area contributed by atoms with E-state index >= 15 is 0 Å². The van der Waals surface area contributed by atoms with Crippen molar-refractivity contribution >= 4 is 0 Å². The van der Waals surface area contributed by atoms with E-state index < -0.39 is 0 Å². The Labute approximate surface area is 93.6 Å². The molecule has 0 N–H and O–H groups in total. The molecule has 2 saturated carbocycles. The van der Waals surface area contributed by atoms with E-state index in [1.165, 1.54) is 25.7 Å². The molecule has 2 aliphatic carbocycles. The fraction of sp³-hybridized carbons (Fsp3) is 0.923. The third kappa shape index (κ3) is 4.11. The van der Waals surface area contributed by atoms with Crippen LogP contribution in [0.4, 0.5) is 0 Å². The minimum atomic E-state index is 0.292. The van der Waals surface area contributed by atoms with Crippen LogP contribution in [-0.2, 0) is 4.74 Å². The summed E-state index contributed by atoms with van der Waals surface area (Å²) in [5.41, 5.74) is 0. The molecule has 0 heterocycles. The third-order valence-electron chi connectivity index (χ3n) is 3.35. The lowest BCUT2D eigenvalue weighted by molar-refractivity contribution is 0.147. The maximum absolute atomic E-state index is 8.19. The molecule has 0 aromatic rings. The number of nitrogens with zero attached hydrogens (tertiary/aromatic N) is 1. The van der Waals surface area contributed by atoms with Crippen molar-refractivity contribution in [2.45, 2.75) is 59.0 Å². The fourth-order valence-corrected chi connectivity index (χ4v) is 2.44. The van der Waals surface area contributed by atoms with Gasteiger partial charge in [0.2, 0.25) is 0 Å². The summed E-state index contributed by atoms with van der Waals surface area (Å²) >= 11 is 0. The first-order chi connectivity index (χ1) is 7.19. The topological polar surface area (TPSA) is 33.0 Å². The van der Waals surface area contributed by atoms with Gasteiger partial charge in [-0.15, -0.1) is 0 Å². The van der Waals surface area contributed by atoms with E-state index in [2.05, 4.69) is 20.8 Å². The molecule has 0 saturated heterocycles. The summed E-state index contributed by atoms with van der Waals surface area (Å²) in [4.78, 5) is 0. The van der Waals surface area contributed by atoms with E-state index in [1.54, 1.807) is 6.26 Å². The lowest BCUT2D eigenvalue weighted by Gasteiger charge is -2.05. The Kier molecular flexibility index (Phi) is 4.94. The van der Waals surface area contributed by atoms with Crippen LogP contribution in [-0.4, -0.2) is 6.10 Å². The predicted molar refractivity (Wildman–Crippen MR) is 61.1 cm³/mol. The molecule has 3 atom stereocenters. The van der Waals surface area contributed by atoms with E-state index in [0.717, 1.165) is 24.2 Å². The Morgan fingerprint density at radius 1 is 1.40 bits per heavy atom. The molecule has 2 fully saturated rings. The fourth-order valence-electron chi connectivity index (χ4n) is 2.44. The zero-order valence-electron chi connectivity index (χ0n) is 10.2. The standard InChI is InChI=1S/C7H9NO.C6H14/c8-4-9-7-2-1-5-3-6(5)7;1-4-5-6(2)3/h5-7H,1-3H2;6H,4-5H2,1-3H3. The molecular weight excluding hydrogens is 186 g/mol. The summed E-state index contributed by atoms with van der Waals surface area (Å²) in [7, 11) is 0. The van der Waals surface area contributed by atoms with E-state index in [1.807, 2.05) is 0 Å². The van der Waals surface area contributed by atoms with Crippen LogP contribution in [0.5, 0.6) is 0 Å². The van der Waals surface area contributed by atoms with Crippen molar-refractivity contribution in [1.29, 1.82) is 5.26 Å². The van der Waals surface area contributed by atoms with Crippen molar-refractivity contribution in [2.24, 2.45) is 17.8 Å². The van der Waals surface area contributed by atoms with E-state index in [-0.39, 0.29) is 0 Å². The minimum Gasteiger partial charge on any atom is -0.424 e. The number of nitriles is 1. The lowest BCUT2D eigenvalue weighted by atomic mass is 10.1. The number of hydrogen-bond donors (Lipinski definition) is 0. The molecular formula is C13H23NO. The van der Waals surface area contributed by atoms with Gasteiger partial charge in [-0.2, -0.15) is 5.26 Å². The van der Waals surface area contributed by atoms with Gasteiger partial charge in [0.1, 0.15) is 6.10 Å². The van der Waals surface area contributed by atoms with Crippen molar-refractivity contribution in [3.63, 3.8) is 0 Å². The van der Waals surface area contributed by atoms with Crippen LogP contribution >= 0.6 is 0 Å². The molecule has 0 aromatic heterocycles. The van der Waals surface area contributed by atoms with E-state index in [4.69, 9.17) is 10.00 Å². The second kappa shape index (κ2) is 6.00. The molecule has 0 spiro atoms. The lowest BCUT2D eigenvalue weighted by Crippen LogP contribution is -2.07. The summed E-state index contributed by atoms with van der Waals surface area (Å²) in [5, 5.41) is 8.19. The first-order valence-electron chi connectivity index (χ1n) is 6.23. The molecule has 86 valence electrons. The highest BCUT2D eigenvalue weighted by molar-refractivity contribution is 4.99. The summed E-state index contributed by atoms with van der Waals surface area (Å²) in [6, 6.07) is 0. The first-order valence-corrected chi connectivity index (χ1v) is 6.23. The van der Waals surface area contributed by atoms with Gasteiger partial charge in [0, 0.05) is 5.92 Å². The molecule has 0 aromatic carbocycles. The zero-order chi connectivity index (χ0) is 11.3. The van der Waals surface area contributed by atoms with Gasteiger partial charge in [0.25, 0.3) is 6.26 Å². The molecule has 0 amide bonds. The molecule has 2 aliphatic rings. The van der Waals surface area contributed by atoms with Crippen LogP contribution < -0.4 is 0 Å². The second-order valence-corrected chi connectivity index (χ2v) is 5.17. The van der Waals surface area contributed by atoms with Crippen LogP contribution in [0.15, 0.2) is 0 Å². The van der Waals surface area contributed by atoms with E-state index in [9.17, 15) is 0 Å². The maximum Gasteiger partial charge on any atom is 0.286 e. The Hall–Kier alpha value is -0.710. The smallest absolute Gasteiger partial charge is 0.286 e. The second-order valence-electron chi connectivity index (χ2n) is 5.17. The number of fused-ring (bicyclic) bond motifs is 1. The summed E-state index contributed by atoms with van der Waals surface area (Å²) in [5.74, 6) is 2.57. The normalized spacial score (nSPS) is 31.3. The van der Waals surface area contributed by atoms with Crippen molar-refractivity contribution < 1.29 is 4.74 Å². The SMILES string of the molecule is CCCC(C)C.N#COC1CCC2CC21. The number of ether oxygens (including phenoxy) is 1. The van der Waals surface area contributed by atoms with Crippen molar-refractivity contribution in [3.05, 3.63) is 0 Å².